The molecule has 6 aliphatic rings. The number of nitrogens with one attached hydrogen (secondary N) is 1. The van der Waals surface area contributed by atoms with E-state index in [1.165, 1.54) is 88.0 Å². The number of nitrogens with zero attached hydrogens (tertiary/aromatic N) is 3. The van der Waals surface area contributed by atoms with E-state index in [2.05, 4.69) is 59.4 Å². The van der Waals surface area contributed by atoms with E-state index in [4.69, 9.17) is 5.11 Å². The summed E-state index contributed by atoms with van der Waals surface area (Å²) in [7, 11) is 3.81. The summed E-state index contributed by atoms with van der Waals surface area (Å²) in [6.07, 6.45) is 33.6. The van der Waals surface area contributed by atoms with Crippen LogP contribution in [0.5, 0.6) is 0 Å². The molecule has 0 aromatic heterocycles. The first-order valence-corrected chi connectivity index (χ1v) is 22.0. The summed E-state index contributed by atoms with van der Waals surface area (Å²) in [5, 5.41) is 12.1. The third kappa shape index (κ3) is 13.9. The highest BCUT2D eigenvalue weighted by Crippen LogP contribution is 2.44. The third-order valence-electron chi connectivity index (χ3n) is 12.9. The van der Waals surface area contributed by atoms with Crippen molar-refractivity contribution in [3.05, 3.63) is 94.8 Å². The summed E-state index contributed by atoms with van der Waals surface area (Å²) in [5.74, 6) is 2.86. The Morgan fingerprint density at radius 1 is 0.967 bits per heavy atom. The van der Waals surface area contributed by atoms with Crippen LogP contribution in [0.25, 0.3) is 0 Å². The number of allylic oxidation sites excluding steroid dienone is 12. The summed E-state index contributed by atoms with van der Waals surface area (Å²) in [5.41, 5.74) is 2.18. The fourth-order valence-corrected chi connectivity index (χ4v) is 8.64. The number of carboxylic acids is 1. The lowest BCUT2D eigenvalue weighted by molar-refractivity contribution is -0.196. The Balaban J connectivity index is 0.000000213. The van der Waals surface area contributed by atoms with E-state index in [-0.39, 0.29) is 17.5 Å². The van der Waals surface area contributed by atoms with Crippen molar-refractivity contribution in [1.82, 2.24) is 15.1 Å². The number of aliphatic carboxylic acids is 1. The number of unbranched alkanes of at least 4 members (excludes halogenated alkanes) is 1. The molecular weight excluding hydrogens is 766 g/mol. The average molecular weight is 835 g/mol. The molecule has 2 unspecified atom stereocenters. The number of amidine groups is 1. The van der Waals surface area contributed by atoms with Crippen LogP contribution >= 0.6 is 0 Å². The minimum absolute atomic E-state index is 0.0419. The van der Waals surface area contributed by atoms with E-state index < -0.39 is 23.5 Å². The topological polar surface area (TPSA) is 102 Å². The number of aliphatic imine (C=N–C) groups is 1. The maximum atomic E-state index is 12.8. The van der Waals surface area contributed by atoms with Crippen LogP contribution in [0.2, 0.25) is 0 Å². The molecule has 0 aromatic carbocycles. The lowest BCUT2D eigenvalue weighted by atomic mass is 9.71. The second kappa shape index (κ2) is 23.1. The van der Waals surface area contributed by atoms with E-state index in [9.17, 15) is 27.6 Å². The van der Waals surface area contributed by atoms with Crippen LogP contribution < -0.4 is 5.32 Å². The van der Waals surface area contributed by atoms with Gasteiger partial charge >= 0.3 is 12.1 Å². The molecule has 0 spiro atoms. The van der Waals surface area contributed by atoms with E-state index in [1.807, 2.05) is 19.3 Å². The van der Waals surface area contributed by atoms with Crippen LogP contribution in [0.4, 0.5) is 13.2 Å². The zero-order valence-corrected chi connectivity index (χ0v) is 36.8. The quantitative estimate of drug-likeness (QED) is 0.150. The fourth-order valence-electron chi connectivity index (χ4n) is 8.64. The zero-order valence-electron chi connectivity index (χ0n) is 36.8. The van der Waals surface area contributed by atoms with Gasteiger partial charge in [0.25, 0.3) is 0 Å². The maximum Gasteiger partial charge on any atom is 0.397 e. The van der Waals surface area contributed by atoms with Crippen LogP contribution in [-0.4, -0.2) is 84.9 Å². The summed E-state index contributed by atoms with van der Waals surface area (Å²) in [6, 6.07) is -0.360. The van der Waals surface area contributed by atoms with Crippen molar-refractivity contribution >= 4 is 24.0 Å². The predicted molar refractivity (Wildman–Crippen MR) is 236 cm³/mol. The number of aldehydes is 1. The number of rotatable bonds is 12. The molecule has 11 heteroatoms. The van der Waals surface area contributed by atoms with Crippen LogP contribution in [0, 0.1) is 29.1 Å². The number of amides is 1. The minimum atomic E-state index is -4.30. The van der Waals surface area contributed by atoms with Crippen LogP contribution in [-0.2, 0) is 14.4 Å². The Morgan fingerprint density at radius 2 is 1.68 bits per heavy atom. The number of hydrogen-bond donors (Lipinski definition) is 2. The Kier molecular flexibility index (Phi) is 18.6. The minimum Gasteiger partial charge on any atom is -0.481 e. The van der Waals surface area contributed by atoms with Gasteiger partial charge in [0.2, 0.25) is 5.91 Å². The number of carbonyl (C=O) groups excluding carboxylic acids is 2. The lowest BCUT2D eigenvalue weighted by Gasteiger charge is -2.38. The van der Waals surface area contributed by atoms with Crippen molar-refractivity contribution in [3.8, 4) is 0 Å². The van der Waals surface area contributed by atoms with E-state index in [1.54, 1.807) is 18.0 Å². The number of alkyl halides is 3. The van der Waals surface area contributed by atoms with Gasteiger partial charge in [-0.1, -0.05) is 99.8 Å². The monoisotopic (exact) mass is 835 g/mol. The molecule has 0 bridgehead atoms. The molecule has 2 heterocycles. The molecule has 2 N–H and O–H groups in total. The summed E-state index contributed by atoms with van der Waals surface area (Å²) in [4.78, 5) is 42.4. The first-order valence-electron chi connectivity index (χ1n) is 22.0. The molecule has 6 rings (SSSR count). The van der Waals surface area contributed by atoms with E-state index >= 15 is 0 Å². The molecule has 60 heavy (non-hydrogen) atoms. The normalized spacial score (nSPS) is 23.9. The number of likely N-dealkylation sites (N-methyl/N-ethyl adjacent to an activating group) is 2. The molecule has 4 aliphatic carbocycles. The van der Waals surface area contributed by atoms with Crippen molar-refractivity contribution < 1.29 is 32.7 Å². The van der Waals surface area contributed by atoms with Crippen LogP contribution in [0.3, 0.4) is 0 Å². The molecule has 2 aliphatic heterocycles. The van der Waals surface area contributed by atoms with Gasteiger partial charge in [0.05, 0.1) is 17.4 Å². The Morgan fingerprint density at radius 3 is 2.28 bits per heavy atom. The molecule has 0 radical (unpaired) electrons. The van der Waals surface area contributed by atoms with Crippen LogP contribution in [0.1, 0.15) is 111 Å². The van der Waals surface area contributed by atoms with Gasteiger partial charge in [0.15, 0.2) is 0 Å². The highest BCUT2D eigenvalue weighted by atomic mass is 19.4. The zero-order chi connectivity index (χ0) is 43.9. The number of halogens is 3. The SMILES string of the molecule is CC(C)(C1=CC=C(C=O)CC=C1)C(F)(F)F.CCCCC1CCC(C2CC=CCC2)CC1.CNC(CC1=CC=C(C2=NC=C(C)CN2C)CC=C1)C(=O)N1CC(C(=O)O)C1. The average Bonchev–Trinajstić information content (AvgIpc) is 3.60. The van der Waals surface area contributed by atoms with Gasteiger partial charge in [-0.05, 0) is 125 Å². The Hall–Kier alpha value is -4.25. The number of likely N-dealkylation sites (tertiary alicyclic amines) is 1. The standard InChI is InChI=1S/C21H28N4O3.C16H28.C12H13F3O/c1-14-10-23-19(24(3)11-14)16-6-4-5-15(7-8-16)9-18(22-2)20(26)25-12-17(13-25)21(27)28;1-2-3-7-14-10-12-16(13-11-14)15-8-5-4-6-9-15;1-11(2,12(13,14)15)10-5-3-4-9(8-16)6-7-10/h4-5,7-8,10,17-18,22H,6,9,11-13H2,1-3H3,(H,27,28);4-5,14-16H,2-3,6-13H2,1H3;3,5-8H,4H2,1-2H3. The first kappa shape index (κ1) is 48.4. The second-order valence-corrected chi connectivity index (χ2v) is 17.8. The molecular formula is C49H69F3N4O4. The molecule has 1 saturated heterocycles. The predicted octanol–water partition coefficient (Wildman–Crippen LogP) is 10.5. The summed E-state index contributed by atoms with van der Waals surface area (Å²) in [6.45, 7) is 8.11. The third-order valence-corrected chi connectivity index (χ3v) is 12.9. The van der Waals surface area contributed by atoms with Gasteiger partial charge in [-0.25, -0.2) is 4.99 Å². The summed E-state index contributed by atoms with van der Waals surface area (Å²) < 4.78 is 38.3. The largest absolute Gasteiger partial charge is 0.481 e. The highest BCUT2D eigenvalue weighted by molar-refractivity contribution is 5.99. The smallest absolute Gasteiger partial charge is 0.397 e. The molecule has 330 valence electrons. The van der Waals surface area contributed by atoms with Gasteiger partial charge in [-0.15, -0.1) is 0 Å². The van der Waals surface area contributed by atoms with Gasteiger partial charge in [-0.2, -0.15) is 13.2 Å². The van der Waals surface area contributed by atoms with Crippen LogP contribution in [0.15, 0.2) is 99.8 Å². The van der Waals surface area contributed by atoms with Gasteiger partial charge in [0, 0.05) is 32.9 Å². The number of carbonyl (C=O) groups is 3. The van der Waals surface area contributed by atoms with Crippen molar-refractivity contribution in [3.63, 3.8) is 0 Å². The number of hydrogen-bond acceptors (Lipinski definition) is 6. The highest BCUT2D eigenvalue weighted by Gasteiger charge is 2.49. The maximum absolute atomic E-state index is 12.8. The Labute approximate surface area is 356 Å². The lowest BCUT2D eigenvalue weighted by Crippen LogP contribution is -2.57. The Bertz CT molecular complexity index is 1770. The molecule has 2 fully saturated rings. The first-order chi connectivity index (χ1) is 28.6. The molecule has 0 aromatic rings. The van der Waals surface area contributed by atoms with E-state index in [0.29, 0.717) is 37.8 Å². The van der Waals surface area contributed by atoms with Crippen molar-refractivity contribution in [2.24, 2.45) is 34.1 Å². The van der Waals surface area contributed by atoms with Gasteiger partial charge < -0.3 is 20.2 Å². The van der Waals surface area contributed by atoms with E-state index in [0.717, 1.165) is 61.5 Å². The molecule has 2 atom stereocenters. The van der Waals surface area contributed by atoms with Crippen molar-refractivity contribution in [2.45, 2.75) is 123 Å². The van der Waals surface area contributed by atoms with Crippen molar-refractivity contribution in [2.75, 3.05) is 33.7 Å². The molecule has 1 amide bonds. The molecule has 8 nitrogen and oxygen atoms in total. The summed E-state index contributed by atoms with van der Waals surface area (Å²) >= 11 is 0. The molecule has 1 saturated carbocycles. The van der Waals surface area contributed by atoms with Crippen molar-refractivity contribution in [1.29, 1.82) is 0 Å². The van der Waals surface area contributed by atoms with Gasteiger partial charge in [-0.3, -0.25) is 14.4 Å². The van der Waals surface area contributed by atoms with Gasteiger partial charge in [0.1, 0.15) is 12.1 Å². The fraction of sp³-hybridized carbons (Fsp3) is 0.592. The second-order valence-electron chi connectivity index (χ2n) is 17.8. The number of carboxylic acid groups (broad SMARTS) is 1.